The zero-order valence-corrected chi connectivity index (χ0v) is 15.6. The zero-order chi connectivity index (χ0) is 19.1. The number of halogens is 3. The Balaban J connectivity index is 2.01. The fourth-order valence-corrected chi connectivity index (χ4v) is 3.25. The van der Waals surface area contributed by atoms with E-state index in [-0.39, 0.29) is 5.88 Å². The summed E-state index contributed by atoms with van der Waals surface area (Å²) in [6.07, 6.45) is 3.23. The zero-order valence-electron chi connectivity index (χ0n) is 14.0. The molecule has 0 aliphatic carbocycles. The lowest BCUT2D eigenvalue weighted by molar-refractivity contribution is 0.457. The summed E-state index contributed by atoms with van der Waals surface area (Å²) in [5, 5.41) is 15.3. The van der Waals surface area contributed by atoms with E-state index in [1.165, 1.54) is 6.07 Å². The molecule has 0 aliphatic heterocycles. The number of hydrogen-bond acceptors (Lipinski definition) is 3. The Morgan fingerprint density at radius 3 is 2.70 bits per heavy atom. The highest BCUT2D eigenvalue weighted by Gasteiger charge is 2.20. The van der Waals surface area contributed by atoms with Gasteiger partial charge in [0.25, 0.3) is 0 Å². The predicted molar refractivity (Wildman–Crippen MR) is 103 cm³/mol. The highest BCUT2D eigenvalue weighted by atomic mass is 79.9. The Bertz CT molecular complexity index is 1200. The third-order valence-corrected chi connectivity index (χ3v) is 4.60. The quantitative estimate of drug-likeness (QED) is 0.457. The van der Waals surface area contributed by atoms with E-state index in [1.54, 1.807) is 30.2 Å². The minimum Gasteiger partial charge on any atom is -0.494 e. The van der Waals surface area contributed by atoms with Gasteiger partial charge in [0.05, 0.1) is 23.7 Å². The summed E-state index contributed by atoms with van der Waals surface area (Å²) in [7, 11) is 1.75. The Hall–Kier alpha value is -3.00. The molecule has 0 fully saturated rings. The van der Waals surface area contributed by atoms with Gasteiger partial charge in [0.15, 0.2) is 17.5 Å². The molecule has 0 aliphatic rings. The molecule has 0 atom stereocenters. The molecule has 0 saturated heterocycles. The van der Waals surface area contributed by atoms with Crippen molar-refractivity contribution in [2.75, 3.05) is 0 Å². The SMILES string of the molecule is Cn1cc(N=C(c2ccc(F)c(F)c2)c2c(O)[nH]c3ccc(Br)cc23)cn1. The molecule has 2 aromatic heterocycles. The molecule has 27 heavy (non-hydrogen) atoms. The molecule has 4 rings (SSSR count). The number of hydrogen-bond donors (Lipinski definition) is 2. The molecule has 0 radical (unpaired) electrons. The monoisotopic (exact) mass is 430 g/mol. The number of rotatable bonds is 3. The van der Waals surface area contributed by atoms with Gasteiger partial charge in [0.1, 0.15) is 5.69 Å². The predicted octanol–water partition coefficient (Wildman–Crippen LogP) is 4.82. The first-order chi connectivity index (χ1) is 12.9. The third kappa shape index (κ3) is 3.23. The van der Waals surface area contributed by atoms with E-state index in [1.807, 2.05) is 12.1 Å². The van der Waals surface area contributed by atoms with Gasteiger partial charge in [0.2, 0.25) is 0 Å². The molecule has 0 unspecified atom stereocenters. The maximum Gasteiger partial charge on any atom is 0.199 e. The maximum absolute atomic E-state index is 13.9. The number of benzene rings is 2. The number of aliphatic imine (C=N–C) groups is 1. The van der Waals surface area contributed by atoms with E-state index in [4.69, 9.17) is 0 Å². The van der Waals surface area contributed by atoms with E-state index < -0.39 is 11.6 Å². The third-order valence-electron chi connectivity index (χ3n) is 4.10. The van der Waals surface area contributed by atoms with E-state index >= 15 is 0 Å². The van der Waals surface area contributed by atoms with Gasteiger partial charge in [-0.15, -0.1) is 0 Å². The second kappa shape index (κ2) is 6.62. The largest absolute Gasteiger partial charge is 0.494 e. The van der Waals surface area contributed by atoms with Gasteiger partial charge < -0.3 is 10.1 Å². The maximum atomic E-state index is 13.9. The summed E-state index contributed by atoms with van der Waals surface area (Å²) in [5.41, 5.74) is 2.21. The van der Waals surface area contributed by atoms with Crippen LogP contribution in [0.1, 0.15) is 11.1 Å². The van der Waals surface area contributed by atoms with Gasteiger partial charge in [0, 0.05) is 28.0 Å². The molecule has 8 heteroatoms. The number of aryl methyl sites for hydroxylation is 1. The Kier molecular flexibility index (Phi) is 4.27. The summed E-state index contributed by atoms with van der Waals surface area (Å²) in [4.78, 5) is 7.44. The number of fused-ring (bicyclic) bond motifs is 1. The summed E-state index contributed by atoms with van der Waals surface area (Å²) in [6, 6.07) is 8.96. The normalized spacial score (nSPS) is 12.1. The van der Waals surface area contributed by atoms with Crippen LogP contribution in [-0.2, 0) is 7.05 Å². The summed E-state index contributed by atoms with van der Waals surface area (Å²) >= 11 is 3.41. The number of aromatic nitrogens is 3. The van der Waals surface area contributed by atoms with E-state index in [9.17, 15) is 13.9 Å². The molecule has 0 bridgehead atoms. The van der Waals surface area contributed by atoms with E-state index in [2.05, 4.69) is 31.0 Å². The lowest BCUT2D eigenvalue weighted by Crippen LogP contribution is -2.04. The van der Waals surface area contributed by atoms with Crippen LogP contribution in [-0.4, -0.2) is 25.6 Å². The van der Waals surface area contributed by atoms with Gasteiger partial charge in [-0.3, -0.25) is 4.68 Å². The highest BCUT2D eigenvalue weighted by Crippen LogP contribution is 2.33. The standard InChI is InChI=1S/C19H13BrF2N4O/c1-26-9-12(8-23-26)24-18(10-2-4-14(21)15(22)6-10)17-13-7-11(20)3-5-16(13)25-19(17)27/h2-9,25,27H,1H3. The van der Waals surface area contributed by atoms with Crippen LogP contribution in [0.4, 0.5) is 14.5 Å². The average Bonchev–Trinajstić information content (AvgIpc) is 3.17. The smallest absolute Gasteiger partial charge is 0.199 e. The van der Waals surface area contributed by atoms with Gasteiger partial charge in [-0.2, -0.15) is 5.10 Å². The molecule has 136 valence electrons. The van der Waals surface area contributed by atoms with Crippen molar-refractivity contribution < 1.29 is 13.9 Å². The van der Waals surface area contributed by atoms with Crippen LogP contribution < -0.4 is 0 Å². The molecule has 0 spiro atoms. The second-order valence-electron chi connectivity index (χ2n) is 6.00. The fraction of sp³-hybridized carbons (Fsp3) is 0.0526. The summed E-state index contributed by atoms with van der Waals surface area (Å²) in [6.45, 7) is 0. The van der Waals surface area contributed by atoms with Crippen molar-refractivity contribution in [3.63, 3.8) is 0 Å². The van der Waals surface area contributed by atoms with Crippen molar-refractivity contribution in [1.82, 2.24) is 14.8 Å². The van der Waals surface area contributed by atoms with Gasteiger partial charge >= 0.3 is 0 Å². The molecule has 0 saturated carbocycles. The van der Waals surface area contributed by atoms with Gasteiger partial charge in [-0.1, -0.05) is 15.9 Å². The van der Waals surface area contributed by atoms with Crippen molar-refractivity contribution in [1.29, 1.82) is 0 Å². The summed E-state index contributed by atoms with van der Waals surface area (Å²) in [5.74, 6) is -2.06. The van der Waals surface area contributed by atoms with Crippen molar-refractivity contribution in [2.24, 2.45) is 12.0 Å². The molecule has 2 N–H and O–H groups in total. The van der Waals surface area contributed by atoms with E-state index in [0.717, 1.165) is 16.6 Å². The van der Waals surface area contributed by atoms with Crippen LogP contribution in [0.3, 0.4) is 0 Å². The van der Waals surface area contributed by atoms with E-state index in [0.29, 0.717) is 33.4 Å². The summed E-state index contributed by atoms with van der Waals surface area (Å²) < 4.78 is 29.7. The van der Waals surface area contributed by atoms with Crippen molar-refractivity contribution >= 4 is 38.2 Å². The van der Waals surface area contributed by atoms with Crippen molar-refractivity contribution in [3.05, 3.63) is 76.0 Å². The molecule has 4 aromatic rings. The fourth-order valence-electron chi connectivity index (χ4n) is 2.89. The molecular formula is C19H13BrF2N4O. The lowest BCUT2D eigenvalue weighted by Gasteiger charge is -2.08. The minimum atomic E-state index is -0.994. The van der Waals surface area contributed by atoms with Crippen LogP contribution in [0.5, 0.6) is 5.88 Å². The van der Waals surface area contributed by atoms with Gasteiger partial charge in [-0.05, 0) is 36.4 Å². The first-order valence-electron chi connectivity index (χ1n) is 7.95. The Morgan fingerprint density at radius 2 is 2.00 bits per heavy atom. The molecule has 0 amide bonds. The number of aromatic amines is 1. The van der Waals surface area contributed by atoms with Crippen LogP contribution in [0.2, 0.25) is 0 Å². The first-order valence-corrected chi connectivity index (χ1v) is 8.75. The molecular weight excluding hydrogens is 418 g/mol. The topological polar surface area (TPSA) is 66.2 Å². The number of aromatic hydroxyl groups is 1. The number of H-pyrrole nitrogens is 1. The Morgan fingerprint density at radius 1 is 1.19 bits per heavy atom. The second-order valence-corrected chi connectivity index (χ2v) is 6.92. The van der Waals surface area contributed by atoms with Crippen LogP contribution in [0, 0.1) is 11.6 Å². The van der Waals surface area contributed by atoms with Crippen LogP contribution in [0.15, 0.2) is 58.3 Å². The number of nitrogens with zero attached hydrogens (tertiary/aromatic N) is 3. The lowest BCUT2D eigenvalue weighted by atomic mass is 10.0. The van der Waals surface area contributed by atoms with Crippen molar-refractivity contribution in [3.8, 4) is 5.88 Å². The average molecular weight is 431 g/mol. The molecule has 5 nitrogen and oxygen atoms in total. The highest BCUT2D eigenvalue weighted by molar-refractivity contribution is 9.10. The Labute approximate surface area is 161 Å². The van der Waals surface area contributed by atoms with Gasteiger partial charge in [-0.25, -0.2) is 13.8 Å². The van der Waals surface area contributed by atoms with Crippen molar-refractivity contribution in [2.45, 2.75) is 0 Å². The van der Waals surface area contributed by atoms with Crippen LogP contribution in [0.25, 0.3) is 10.9 Å². The first kappa shape index (κ1) is 17.4. The van der Waals surface area contributed by atoms with Crippen LogP contribution >= 0.6 is 15.9 Å². The molecule has 2 heterocycles. The number of nitrogens with one attached hydrogen (secondary N) is 1. The molecule has 2 aromatic carbocycles. The minimum absolute atomic E-state index is 0.115.